The summed E-state index contributed by atoms with van der Waals surface area (Å²) < 4.78 is 0. The van der Waals surface area contributed by atoms with Crippen LogP contribution in [0.15, 0.2) is 134 Å². The smallest absolute Gasteiger partial charge is 0.246 e. The van der Waals surface area contributed by atoms with Crippen molar-refractivity contribution in [3.8, 4) is 0 Å². The molecule has 13 amide bonds. The minimum atomic E-state index is -1.88. The molecule has 0 bridgehead atoms. The summed E-state index contributed by atoms with van der Waals surface area (Å²) in [5, 5.41) is 43.2. The lowest BCUT2D eigenvalue weighted by Gasteiger charge is -2.34. The summed E-state index contributed by atoms with van der Waals surface area (Å²) in [5.41, 5.74) is 23.6. The summed E-state index contributed by atoms with van der Waals surface area (Å²) >= 11 is 0. The number of allylic oxidation sites excluding steroid dienone is 2. The molecular weight excluding hydrogens is 1580 g/mol. The number of carbonyl (C=O) groups is 13. The number of guanidine groups is 1. The van der Waals surface area contributed by atoms with Gasteiger partial charge in [0.25, 0.3) is 0 Å². The molecule has 1 saturated heterocycles. The van der Waals surface area contributed by atoms with Crippen LogP contribution in [0.3, 0.4) is 0 Å². The highest BCUT2D eigenvalue weighted by Gasteiger charge is 2.45. The number of unbranched alkanes of at least 4 members (excludes halogenated alkanes) is 1. The maximum Gasteiger partial charge on any atom is 0.246 e. The average molecular weight is 1720 g/mol. The molecule has 5 aromatic rings. The average Bonchev–Trinajstić information content (AvgIpc) is 1.26. The van der Waals surface area contributed by atoms with Gasteiger partial charge in [0.05, 0.1) is 6.04 Å². The molecule has 1 fully saturated rings. The summed E-state index contributed by atoms with van der Waals surface area (Å²) in [7, 11) is 0. The Morgan fingerprint density at radius 2 is 1.16 bits per heavy atom. The zero-order chi connectivity index (χ0) is 90.8. The standard InChI is InChI=1S/C92H135N19O13/c1-11-59(8)76(86(121)100-69(77(95)112)49-56(2)3)108-80(115)68(42-31-47-98-90(96)97)106-89(124)91(9)44-28-14-12-13-15-29-45-92(10,88(123)105-67(41-27-30-46-93)79(114)102-71(52-61-35-21-17-22-36-61)81(116)101-70(50-57(4)5)83(118)109-91)110-84(119)72(53-62-37-23-18-24-38-62)103-82(117)73(54-63-55-99-66-40-26-25-39-64(63)66)104-85(120)74-43-32-48-111(74)87(122)75(58(6)7)107-78(113)65(94)51-60-33-19-16-20-34-60/h12-13,16-26,33-40,55-59,65,67-76,99H,11,14-15,27-32,41-54,93-94H2,1-10H3,(H2,95,112)(H,100,121)(H,101,116)(H,102,114)(H,103,117)(H,104,120)(H,105,123)(H,106,124)(H,107,113)(H,108,115)(H,109,118)(H,110,119)(H4,96,97,98)/b13-12+/t59?,65-,67-,68-,69-,70+,71-,72-,73-,74-,75-,76-,91-,92-/m0/s1. The van der Waals surface area contributed by atoms with Crippen LogP contribution < -0.4 is 86.7 Å². The zero-order valence-electron chi connectivity index (χ0n) is 73.7. The number of fused-ring (bicyclic) bond motifs is 1. The van der Waals surface area contributed by atoms with Crippen LogP contribution in [0.1, 0.15) is 194 Å². The van der Waals surface area contributed by atoms with Crippen molar-refractivity contribution >= 4 is 93.7 Å². The summed E-state index contributed by atoms with van der Waals surface area (Å²) in [5.74, 6) is -11.0. The van der Waals surface area contributed by atoms with Crippen molar-refractivity contribution in [1.29, 1.82) is 5.41 Å². The third-order valence-electron chi connectivity index (χ3n) is 23.0. The Balaban J connectivity index is 1.23. The lowest BCUT2D eigenvalue weighted by molar-refractivity contribution is -0.143. The number of hydrogen-bond donors (Lipinski definition) is 18. The van der Waals surface area contributed by atoms with Crippen LogP contribution in [-0.2, 0) is 88.0 Å². The van der Waals surface area contributed by atoms with Crippen molar-refractivity contribution in [3.63, 3.8) is 0 Å². The first-order valence-corrected chi connectivity index (χ1v) is 43.9. The van der Waals surface area contributed by atoms with Gasteiger partial charge < -0.3 is 96.6 Å². The van der Waals surface area contributed by atoms with E-state index < -0.39 is 166 Å². The van der Waals surface area contributed by atoms with Crippen LogP contribution in [0, 0.1) is 29.1 Å². The number of nitrogens with two attached hydrogens (primary N) is 4. The highest BCUT2D eigenvalue weighted by molar-refractivity contribution is 6.02. The fraction of sp³-hybridized carbons (Fsp3) is 0.543. The van der Waals surface area contributed by atoms with Crippen molar-refractivity contribution < 1.29 is 62.3 Å². The number of primary amides is 1. The zero-order valence-corrected chi connectivity index (χ0v) is 73.7. The highest BCUT2D eigenvalue weighted by atomic mass is 16.2. The van der Waals surface area contributed by atoms with E-state index in [1.807, 2.05) is 101 Å². The number of benzene rings is 4. The van der Waals surface area contributed by atoms with Crippen molar-refractivity contribution in [2.24, 2.45) is 46.6 Å². The van der Waals surface area contributed by atoms with Gasteiger partial charge in [-0.25, -0.2) is 0 Å². The van der Waals surface area contributed by atoms with E-state index in [4.69, 9.17) is 28.3 Å². The Labute approximate surface area is 728 Å². The second-order valence-corrected chi connectivity index (χ2v) is 34.7. The van der Waals surface area contributed by atoms with E-state index in [0.717, 1.165) is 16.5 Å². The summed E-state index contributed by atoms with van der Waals surface area (Å²) in [4.78, 5) is 198. The fourth-order valence-electron chi connectivity index (χ4n) is 15.5. The van der Waals surface area contributed by atoms with Crippen molar-refractivity contribution in [1.82, 2.24) is 73.7 Å². The monoisotopic (exact) mass is 1710 g/mol. The van der Waals surface area contributed by atoms with Gasteiger partial charge in [-0.2, -0.15) is 0 Å². The third-order valence-corrected chi connectivity index (χ3v) is 23.0. The second kappa shape index (κ2) is 49.1. The maximum atomic E-state index is 15.7. The lowest BCUT2D eigenvalue weighted by atomic mass is 9.90. The summed E-state index contributed by atoms with van der Waals surface area (Å²) in [6.07, 6.45) is 8.50. The number of rotatable bonds is 39. The Morgan fingerprint density at radius 1 is 0.581 bits per heavy atom. The maximum absolute atomic E-state index is 15.7. The number of hydrogen-bond acceptors (Lipinski definition) is 16. The van der Waals surface area contributed by atoms with Gasteiger partial charge in [-0.05, 0) is 175 Å². The normalized spacial score (nSPS) is 21.0. The fourth-order valence-corrected chi connectivity index (χ4v) is 15.5. The molecule has 22 N–H and O–H groups in total. The topological polar surface area (TPSA) is 513 Å². The van der Waals surface area contributed by atoms with E-state index in [1.54, 1.807) is 87.6 Å². The van der Waals surface area contributed by atoms with Crippen LogP contribution in [0.25, 0.3) is 10.9 Å². The molecule has 32 heteroatoms. The number of H-pyrrole nitrogens is 1. The lowest BCUT2D eigenvalue weighted by Crippen LogP contribution is -2.65. The molecule has 124 heavy (non-hydrogen) atoms. The van der Waals surface area contributed by atoms with E-state index >= 15 is 38.4 Å². The predicted octanol–water partition coefficient (Wildman–Crippen LogP) is 4.45. The molecule has 0 saturated carbocycles. The molecule has 2 aliphatic heterocycles. The number of amides is 13. The van der Waals surface area contributed by atoms with Crippen molar-refractivity contribution in [3.05, 3.63) is 156 Å². The molecule has 1 unspecified atom stereocenters. The Bertz CT molecular complexity index is 4430. The molecule has 0 spiro atoms. The second-order valence-electron chi connectivity index (χ2n) is 34.7. The number of nitrogens with zero attached hydrogens (tertiary/aromatic N) is 1. The van der Waals surface area contributed by atoms with Gasteiger partial charge in [0.1, 0.15) is 71.5 Å². The molecule has 7 rings (SSSR count). The summed E-state index contributed by atoms with van der Waals surface area (Å²) in [6.45, 7) is 18.1. The molecule has 1 aromatic heterocycles. The van der Waals surface area contributed by atoms with Gasteiger partial charge in [0.15, 0.2) is 5.96 Å². The van der Waals surface area contributed by atoms with E-state index in [1.165, 1.54) is 18.7 Å². The Morgan fingerprint density at radius 3 is 1.77 bits per heavy atom. The van der Waals surface area contributed by atoms with E-state index in [0.29, 0.717) is 55.2 Å². The molecule has 0 radical (unpaired) electrons. The molecular formula is C92H135N19O13. The number of aromatic nitrogens is 1. The SMILES string of the molecule is CCC(C)[C@H](NC(=O)[C@H](CCCNC(=N)N)NC(=O)[C@]1(C)CCC/C=C/CCC[C@](C)(NC(=O)[C@H](Cc2ccccc2)NC(=O)[C@H](Cc2c[nH]c3ccccc23)NC(=O)[C@@H]2CCCN2C(=O)[C@@H](NC(=O)[C@@H](N)Cc2ccccc2)C(C)C)C(=O)N[C@@H](CCCCN)C(=O)N[C@@H](Cc2ccccc2)C(=O)N[C@H](CC(C)C)C(=O)N1)C(=O)N[C@@H](CC(C)C)C(N)=O. The van der Waals surface area contributed by atoms with Crippen molar-refractivity contribution in [2.75, 3.05) is 19.6 Å². The number of likely N-dealkylation sites (tertiary alicyclic amines) is 1. The first-order chi connectivity index (χ1) is 59.0. The minimum Gasteiger partial charge on any atom is -0.370 e. The molecule has 32 nitrogen and oxygen atoms in total. The van der Waals surface area contributed by atoms with Crippen LogP contribution in [-0.4, -0.2) is 190 Å². The van der Waals surface area contributed by atoms with Gasteiger partial charge in [0.2, 0.25) is 76.8 Å². The van der Waals surface area contributed by atoms with Gasteiger partial charge in [-0.15, -0.1) is 0 Å². The van der Waals surface area contributed by atoms with Crippen LogP contribution >= 0.6 is 0 Å². The Hall–Kier alpha value is -11.5. The van der Waals surface area contributed by atoms with Crippen LogP contribution in [0.5, 0.6) is 0 Å². The largest absolute Gasteiger partial charge is 0.370 e. The molecule has 14 atom stereocenters. The van der Waals surface area contributed by atoms with Gasteiger partial charge >= 0.3 is 0 Å². The third kappa shape index (κ3) is 30.8. The van der Waals surface area contributed by atoms with E-state index in [9.17, 15) is 24.0 Å². The number of nitrogens with one attached hydrogen (secondary N) is 14. The van der Waals surface area contributed by atoms with Crippen LogP contribution in [0.2, 0.25) is 0 Å². The van der Waals surface area contributed by atoms with Gasteiger partial charge in [0, 0.05) is 49.5 Å². The predicted molar refractivity (Wildman–Crippen MR) is 477 cm³/mol. The first-order valence-electron chi connectivity index (χ1n) is 43.9. The number of aromatic amines is 1. The summed E-state index contributed by atoms with van der Waals surface area (Å²) in [6, 6.07) is 20.6. The quantitative estimate of drug-likeness (QED) is 0.0112. The van der Waals surface area contributed by atoms with Crippen LogP contribution in [0.4, 0.5) is 0 Å². The molecule has 676 valence electrons. The molecule has 2 aliphatic rings. The number of carbonyl (C=O) groups excluding carboxylic acids is 13. The van der Waals surface area contributed by atoms with E-state index in [2.05, 4.69) is 68.8 Å². The minimum absolute atomic E-state index is 0.00340. The van der Waals surface area contributed by atoms with E-state index in [-0.39, 0.29) is 127 Å². The molecule has 0 aliphatic carbocycles. The number of para-hydroxylation sites is 1. The highest BCUT2D eigenvalue weighted by Crippen LogP contribution is 2.27. The Kier molecular flexibility index (Phi) is 39.4. The molecule has 4 aromatic carbocycles. The van der Waals surface area contributed by atoms with Gasteiger partial charge in [-0.1, -0.05) is 183 Å². The van der Waals surface area contributed by atoms with Gasteiger partial charge in [-0.3, -0.25) is 67.7 Å². The first kappa shape index (κ1) is 99.6. The van der Waals surface area contributed by atoms with Crippen molar-refractivity contribution in [2.45, 2.75) is 275 Å². The molecule has 3 heterocycles.